The number of ether oxygens (including phenoxy) is 2. The number of carbonyl (C=O) groups is 2. The molecule has 0 spiro atoms. The summed E-state index contributed by atoms with van der Waals surface area (Å²) in [6.45, 7) is 0. The number of allylic oxidation sites excluding steroid dienone is 2. The van der Waals surface area contributed by atoms with Crippen LogP contribution in [-0.2, 0) is 9.59 Å². The summed E-state index contributed by atoms with van der Waals surface area (Å²) in [5.41, 5.74) is 2.75. The fraction of sp³-hybridized carbons (Fsp3) is 0.304. The van der Waals surface area contributed by atoms with Crippen molar-refractivity contribution in [1.82, 2.24) is 0 Å². The third kappa shape index (κ3) is 3.39. The number of hydrogen-bond acceptors (Lipinski definition) is 4. The highest BCUT2D eigenvalue weighted by molar-refractivity contribution is 6.07. The van der Waals surface area contributed by atoms with Crippen LogP contribution < -0.4 is 14.4 Å². The van der Waals surface area contributed by atoms with Gasteiger partial charge in [-0.3, -0.25) is 14.5 Å². The average Bonchev–Trinajstić information content (AvgIpc) is 2.73. The SMILES string of the molecule is COc1ccc([C@@H]2CC(=O)N(c3ccc(F)cc3)C3=C2C(=O)CCC3)c(OC)c1. The van der Waals surface area contributed by atoms with E-state index in [4.69, 9.17) is 9.47 Å². The highest BCUT2D eigenvalue weighted by Crippen LogP contribution is 2.46. The van der Waals surface area contributed by atoms with E-state index in [2.05, 4.69) is 0 Å². The standard InChI is InChI=1S/C23H22FNO4/c1-28-16-10-11-17(21(12-16)29-2)18-13-22(27)25(15-8-6-14(24)7-9-15)19-4-3-5-20(26)23(18)19/h6-12,18H,3-5,13H2,1-2H3/t18-/m0/s1. The molecule has 0 radical (unpaired) electrons. The lowest BCUT2D eigenvalue weighted by Crippen LogP contribution is -2.40. The molecule has 2 aliphatic rings. The molecule has 1 aliphatic heterocycles. The maximum absolute atomic E-state index is 13.4. The zero-order valence-electron chi connectivity index (χ0n) is 16.4. The highest BCUT2D eigenvalue weighted by Gasteiger charge is 2.40. The van der Waals surface area contributed by atoms with Crippen molar-refractivity contribution >= 4 is 17.4 Å². The van der Waals surface area contributed by atoms with Gasteiger partial charge in [0, 0.05) is 47.3 Å². The van der Waals surface area contributed by atoms with Crippen molar-refractivity contribution in [3.8, 4) is 11.5 Å². The number of nitrogens with zero attached hydrogens (tertiary/aromatic N) is 1. The molecule has 1 amide bonds. The van der Waals surface area contributed by atoms with Crippen LogP contribution in [0.2, 0.25) is 0 Å². The normalized spacial score (nSPS) is 19.3. The van der Waals surface area contributed by atoms with E-state index in [1.54, 1.807) is 37.3 Å². The quantitative estimate of drug-likeness (QED) is 0.771. The second kappa shape index (κ2) is 7.70. The van der Waals surface area contributed by atoms with Crippen LogP contribution in [0.25, 0.3) is 0 Å². The first-order valence-corrected chi connectivity index (χ1v) is 9.60. The summed E-state index contributed by atoms with van der Waals surface area (Å²) in [7, 11) is 3.14. The Labute approximate surface area is 168 Å². The molecule has 2 aromatic carbocycles. The van der Waals surface area contributed by atoms with E-state index in [0.29, 0.717) is 47.7 Å². The van der Waals surface area contributed by atoms with Gasteiger partial charge in [-0.15, -0.1) is 0 Å². The Morgan fingerprint density at radius 1 is 1.00 bits per heavy atom. The van der Waals surface area contributed by atoms with Gasteiger partial charge < -0.3 is 9.47 Å². The first-order valence-electron chi connectivity index (χ1n) is 9.60. The number of ketones is 1. The Bertz CT molecular complexity index is 996. The van der Waals surface area contributed by atoms with Crippen molar-refractivity contribution in [3.63, 3.8) is 0 Å². The smallest absolute Gasteiger partial charge is 0.232 e. The minimum atomic E-state index is -0.372. The van der Waals surface area contributed by atoms with Crippen LogP contribution >= 0.6 is 0 Å². The molecule has 1 heterocycles. The van der Waals surface area contributed by atoms with E-state index in [9.17, 15) is 14.0 Å². The molecular formula is C23H22FNO4. The number of Topliss-reactive ketones (excluding diaryl/α,β-unsaturated/α-hetero) is 1. The van der Waals surface area contributed by atoms with E-state index in [-0.39, 0.29) is 29.8 Å². The zero-order valence-corrected chi connectivity index (χ0v) is 16.4. The lowest BCUT2D eigenvalue weighted by atomic mass is 9.77. The Balaban J connectivity index is 1.85. The summed E-state index contributed by atoms with van der Waals surface area (Å²) >= 11 is 0. The molecule has 1 aliphatic carbocycles. The maximum atomic E-state index is 13.4. The molecule has 0 saturated heterocycles. The van der Waals surface area contributed by atoms with Gasteiger partial charge in [0.15, 0.2) is 5.78 Å². The molecular weight excluding hydrogens is 373 g/mol. The minimum absolute atomic E-state index is 0.0498. The molecule has 2 aromatic rings. The van der Waals surface area contributed by atoms with E-state index < -0.39 is 0 Å². The Hall–Kier alpha value is -3.15. The number of methoxy groups -OCH3 is 2. The minimum Gasteiger partial charge on any atom is -0.497 e. The zero-order chi connectivity index (χ0) is 20.5. The first kappa shape index (κ1) is 19.2. The molecule has 0 aromatic heterocycles. The topological polar surface area (TPSA) is 55.8 Å². The van der Waals surface area contributed by atoms with Gasteiger partial charge in [-0.05, 0) is 43.2 Å². The largest absolute Gasteiger partial charge is 0.497 e. The second-order valence-corrected chi connectivity index (χ2v) is 7.21. The van der Waals surface area contributed by atoms with Crippen molar-refractivity contribution in [2.45, 2.75) is 31.6 Å². The lowest BCUT2D eigenvalue weighted by Gasteiger charge is -2.38. The third-order valence-electron chi connectivity index (χ3n) is 5.58. The van der Waals surface area contributed by atoms with Gasteiger partial charge in [-0.2, -0.15) is 0 Å². The Morgan fingerprint density at radius 2 is 1.76 bits per heavy atom. The van der Waals surface area contributed by atoms with Crippen LogP contribution in [0, 0.1) is 5.82 Å². The molecule has 150 valence electrons. The number of rotatable bonds is 4. The van der Waals surface area contributed by atoms with Crippen LogP contribution in [0.3, 0.4) is 0 Å². The van der Waals surface area contributed by atoms with E-state index in [0.717, 1.165) is 5.56 Å². The number of hydrogen-bond donors (Lipinski definition) is 0. The van der Waals surface area contributed by atoms with Crippen LogP contribution in [0.15, 0.2) is 53.7 Å². The molecule has 4 rings (SSSR count). The lowest BCUT2D eigenvalue weighted by molar-refractivity contribution is -0.119. The second-order valence-electron chi connectivity index (χ2n) is 7.21. The maximum Gasteiger partial charge on any atom is 0.232 e. The third-order valence-corrected chi connectivity index (χ3v) is 5.58. The number of carbonyl (C=O) groups excluding carboxylic acids is 2. The van der Waals surface area contributed by atoms with Gasteiger partial charge in [-0.1, -0.05) is 6.07 Å². The van der Waals surface area contributed by atoms with Gasteiger partial charge in [0.2, 0.25) is 5.91 Å². The molecule has 0 N–H and O–H groups in total. The molecule has 0 saturated carbocycles. The molecule has 1 atom stereocenters. The number of benzene rings is 2. The Morgan fingerprint density at radius 3 is 2.45 bits per heavy atom. The van der Waals surface area contributed by atoms with Crippen LogP contribution in [0.5, 0.6) is 11.5 Å². The van der Waals surface area contributed by atoms with Crippen molar-refractivity contribution in [3.05, 3.63) is 65.1 Å². The van der Waals surface area contributed by atoms with E-state index in [1.165, 1.54) is 12.1 Å². The molecule has 0 fully saturated rings. The van der Waals surface area contributed by atoms with Crippen LogP contribution in [0.1, 0.15) is 37.2 Å². The summed E-state index contributed by atoms with van der Waals surface area (Å²) in [4.78, 5) is 27.7. The van der Waals surface area contributed by atoms with Crippen molar-refractivity contribution in [1.29, 1.82) is 0 Å². The Kier molecular flexibility index (Phi) is 5.09. The fourth-order valence-electron chi connectivity index (χ4n) is 4.25. The predicted octanol–water partition coefficient (Wildman–Crippen LogP) is 4.37. The first-order chi connectivity index (χ1) is 14.0. The van der Waals surface area contributed by atoms with Crippen molar-refractivity contribution in [2.24, 2.45) is 0 Å². The van der Waals surface area contributed by atoms with Crippen LogP contribution in [0.4, 0.5) is 10.1 Å². The van der Waals surface area contributed by atoms with E-state index >= 15 is 0 Å². The van der Waals surface area contributed by atoms with E-state index in [1.807, 2.05) is 12.1 Å². The van der Waals surface area contributed by atoms with Crippen molar-refractivity contribution < 1.29 is 23.5 Å². The molecule has 0 unspecified atom stereocenters. The molecule has 29 heavy (non-hydrogen) atoms. The molecule has 6 heteroatoms. The summed E-state index contributed by atoms with van der Waals surface area (Å²) in [5.74, 6) is 0.421. The average molecular weight is 395 g/mol. The summed E-state index contributed by atoms with van der Waals surface area (Å²) in [6.07, 6.45) is 1.91. The summed E-state index contributed by atoms with van der Waals surface area (Å²) in [6, 6.07) is 11.2. The van der Waals surface area contributed by atoms with Crippen LogP contribution in [-0.4, -0.2) is 25.9 Å². The summed E-state index contributed by atoms with van der Waals surface area (Å²) in [5, 5.41) is 0. The number of anilines is 1. The fourth-order valence-corrected chi connectivity index (χ4v) is 4.25. The number of amides is 1. The van der Waals surface area contributed by atoms with Gasteiger partial charge in [0.25, 0.3) is 0 Å². The van der Waals surface area contributed by atoms with Crippen molar-refractivity contribution in [2.75, 3.05) is 19.1 Å². The molecule has 5 nitrogen and oxygen atoms in total. The van der Waals surface area contributed by atoms with Gasteiger partial charge in [0.1, 0.15) is 17.3 Å². The monoisotopic (exact) mass is 395 g/mol. The summed E-state index contributed by atoms with van der Waals surface area (Å²) < 4.78 is 24.2. The predicted molar refractivity (Wildman–Crippen MR) is 107 cm³/mol. The number of halogens is 1. The van der Waals surface area contributed by atoms with Gasteiger partial charge >= 0.3 is 0 Å². The van der Waals surface area contributed by atoms with Gasteiger partial charge in [0.05, 0.1) is 14.2 Å². The molecule has 0 bridgehead atoms. The highest BCUT2D eigenvalue weighted by atomic mass is 19.1. The van der Waals surface area contributed by atoms with Gasteiger partial charge in [-0.25, -0.2) is 4.39 Å².